The quantitative estimate of drug-likeness (QED) is 0.198. The lowest BCUT2D eigenvalue weighted by Gasteiger charge is -2.29. The minimum Gasteiger partial charge on any atom is -0.352 e. The lowest BCUT2D eigenvalue weighted by Crippen LogP contribution is -2.41. The standard InChI is InChI=1S/C33H33F3N6O2/c1-23-28(30-14-16-39-41(30)26-12-10-24(22-37)11-13-26)21-29(31(43)38-15-3-4-17-42(2)18-5-6-19-42)32(44)40(23)27-9-7-8-25(20-27)33(34,35)36/h7-14,16,20-21H,3-6,15,17-19H2,1-2H3/p+1. The Morgan fingerprint density at radius 3 is 2.45 bits per heavy atom. The van der Waals surface area contributed by atoms with Gasteiger partial charge in [0.25, 0.3) is 11.5 Å². The van der Waals surface area contributed by atoms with Gasteiger partial charge in [0.15, 0.2) is 0 Å². The van der Waals surface area contributed by atoms with Gasteiger partial charge in [0, 0.05) is 36.3 Å². The Bertz CT molecular complexity index is 1760. The average Bonchev–Trinajstić information content (AvgIpc) is 3.66. The Labute approximate surface area is 253 Å². The van der Waals surface area contributed by atoms with Crippen molar-refractivity contribution in [3.63, 3.8) is 0 Å². The highest BCUT2D eigenvalue weighted by atomic mass is 19.4. The first-order chi connectivity index (χ1) is 21.0. The van der Waals surface area contributed by atoms with Crippen molar-refractivity contribution in [2.75, 3.05) is 33.2 Å². The molecule has 228 valence electrons. The van der Waals surface area contributed by atoms with Gasteiger partial charge in [-0.15, -0.1) is 0 Å². The number of carbonyl (C=O) groups excluding carboxylic acids is 1. The van der Waals surface area contributed by atoms with Crippen molar-refractivity contribution < 1.29 is 22.4 Å². The van der Waals surface area contributed by atoms with E-state index in [2.05, 4.69) is 23.5 Å². The summed E-state index contributed by atoms with van der Waals surface area (Å²) in [6, 6.07) is 16.4. The van der Waals surface area contributed by atoms with Crippen LogP contribution in [0.1, 0.15) is 52.9 Å². The van der Waals surface area contributed by atoms with Crippen LogP contribution in [0.4, 0.5) is 13.2 Å². The number of aromatic nitrogens is 3. The second kappa shape index (κ2) is 12.5. The molecule has 1 aliphatic heterocycles. The lowest BCUT2D eigenvalue weighted by molar-refractivity contribution is -0.897. The SMILES string of the molecule is Cc1c(-c2ccnn2-c2ccc(C#N)cc2)cc(C(=O)NCCCC[N+]2(C)CCCC2)c(=O)n1-c1cccc(C(F)(F)F)c1. The number of amides is 1. The molecule has 1 amide bonds. The number of likely N-dealkylation sites (tertiary alicyclic amines) is 1. The minimum atomic E-state index is -4.62. The van der Waals surface area contributed by atoms with E-state index < -0.39 is 23.2 Å². The third-order valence-electron chi connectivity index (χ3n) is 8.34. The van der Waals surface area contributed by atoms with Crippen LogP contribution in [-0.2, 0) is 6.18 Å². The number of nitrogens with one attached hydrogen (secondary N) is 1. The first-order valence-electron chi connectivity index (χ1n) is 14.6. The number of pyridine rings is 1. The minimum absolute atomic E-state index is 0.00904. The predicted octanol–water partition coefficient (Wildman–Crippen LogP) is 5.64. The van der Waals surface area contributed by atoms with Crippen molar-refractivity contribution in [1.29, 1.82) is 5.26 Å². The second-order valence-corrected chi connectivity index (χ2v) is 11.5. The molecular formula is C33H34F3N6O2+. The fourth-order valence-corrected chi connectivity index (χ4v) is 5.89. The number of quaternary nitrogens is 1. The second-order valence-electron chi connectivity index (χ2n) is 11.5. The monoisotopic (exact) mass is 603 g/mol. The predicted molar refractivity (Wildman–Crippen MR) is 161 cm³/mol. The van der Waals surface area contributed by atoms with Gasteiger partial charge in [-0.1, -0.05) is 6.07 Å². The van der Waals surface area contributed by atoms with Crippen LogP contribution in [-0.4, -0.2) is 58.0 Å². The largest absolute Gasteiger partial charge is 0.416 e. The summed E-state index contributed by atoms with van der Waals surface area (Å²) >= 11 is 0. The number of nitrogens with zero attached hydrogens (tertiary/aromatic N) is 5. The summed E-state index contributed by atoms with van der Waals surface area (Å²) in [7, 11) is 2.25. The van der Waals surface area contributed by atoms with E-state index in [1.807, 2.05) is 0 Å². The van der Waals surface area contributed by atoms with E-state index in [4.69, 9.17) is 0 Å². The molecule has 0 aliphatic carbocycles. The maximum atomic E-state index is 13.8. The molecule has 0 saturated carbocycles. The molecule has 1 aliphatic rings. The average molecular weight is 604 g/mol. The Kier molecular flexibility index (Phi) is 8.74. The van der Waals surface area contributed by atoms with Crippen LogP contribution in [0.5, 0.6) is 0 Å². The summed E-state index contributed by atoms with van der Waals surface area (Å²) in [4.78, 5) is 27.3. The molecule has 5 rings (SSSR count). The fourth-order valence-electron chi connectivity index (χ4n) is 5.89. The van der Waals surface area contributed by atoms with Crippen LogP contribution in [0.2, 0.25) is 0 Å². The Hall–Kier alpha value is -4.69. The Balaban J connectivity index is 1.53. The summed E-state index contributed by atoms with van der Waals surface area (Å²) in [5.74, 6) is -0.594. The van der Waals surface area contributed by atoms with Gasteiger partial charge < -0.3 is 9.80 Å². The van der Waals surface area contributed by atoms with E-state index in [-0.39, 0.29) is 11.3 Å². The first kappa shape index (κ1) is 30.8. The molecule has 2 aromatic heterocycles. The van der Waals surface area contributed by atoms with Gasteiger partial charge in [-0.3, -0.25) is 14.2 Å². The number of halogens is 3. The van der Waals surface area contributed by atoms with Gasteiger partial charge in [0.1, 0.15) is 5.56 Å². The summed E-state index contributed by atoms with van der Waals surface area (Å²) in [5, 5.41) is 16.4. The molecule has 8 nitrogen and oxygen atoms in total. The highest BCUT2D eigenvalue weighted by Crippen LogP contribution is 2.32. The number of unbranched alkanes of at least 4 members (excludes halogenated alkanes) is 1. The van der Waals surface area contributed by atoms with Crippen molar-refractivity contribution in [3.05, 3.63) is 99.6 Å². The van der Waals surface area contributed by atoms with E-state index in [1.54, 1.807) is 48.1 Å². The van der Waals surface area contributed by atoms with Crippen LogP contribution in [0.15, 0.2) is 71.7 Å². The van der Waals surface area contributed by atoms with Gasteiger partial charge in [-0.25, -0.2) is 4.68 Å². The third kappa shape index (κ3) is 6.45. The zero-order valence-electron chi connectivity index (χ0n) is 24.7. The molecular weight excluding hydrogens is 569 g/mol. The van der Waals surface area contributed by atoms with E-state index in [0.717, 1.165) is 53.7 Å². The molecule has 1 N–H and O–H groups in total. The van der Waals surface area contributed by atoms with Crippen molar-refractivity contribution in [3.8, 4) is 28.7 Å². The van der Waals surface area contributed by atoms with Crippen molar-refractivity contribution in [2.45, 2.75) is 38.8 Å². The number of hydrogen-bond donors (Lipinski definition) is 1. The maximum absolute atomic E-state index is 13.8. The number of benzene rings is 2. The fraction of sp³-hybridized carbons (Fsp3) is 0.333. The van der Waals surface area contributed by atoms with Crippen molar-refractivity contribution in [2.24, 2.45) is 0 Å². The van der Waals surface area contributed by atoms with Crippen molar-refractivity contribution >= 4 is 5.91 Å². The molecule has 11 heteroatoms. The topological polar surface area (TPSA) is 92.7 Å². The van der Waals surface area contributed by atoms with Crippen molar-refractivity contribution in [1.82, 2.24) is 19.7 Å². The Morgan fingerprint density at radius 1 is 1.05 bits per heavy atom. The molecule has 1 saturated heterocycles. The van der Waals surface area contributed by atoms with E-state index in [9.17, 15) is 28.0 Å². The first-order valence-corrected chi connectivity index (χ1v) is 14.6. The summed E-state index contributed by atoms with van der Waals surface area (Å²) in [5.41, 5.74) is 0.568. The van der Waals surface area contributed by atoms with Gasteiger partial charge in [-0.2, -0.15) is 23.5 Å². The van der Waals surface area contributed by atoms with Crippen LogP contribution < -0.4 is 10.9 Å². The molecule has 2 aromatic carbocycles. The number of nitriles is 1. The lowest BCUT2D eigenvalue weighted by atomic mass is 10.0. The van der Waals surface area contributed by atoms with E-state index in [0.29, 0.717) is 34.7 Å². The molecule has 0 atom stereocenters. The van der Waals surface area contributed by atoms with Gasteiger partial charge in [0.2, 0.25) is 0 Å². The molecule has 4 aromatic rings. The van der Waals surface area contributed by atoms with Crippen LogP contribution in [0.25, 0.3) is 22.6 Å². The zero-order chi connectivity index (χ0) is 31.5. The van der Waals surface area contributed by atoms with Gasteiger partial charge >= 0.3 is 6.18 Å². The smallest absolute Gasteiger partial charge is 0.352 e. The molecule has 44 heavy (non-hydrogen) atoms. The molecule has 0 bridgehead atoms. The number of alkyl halides is 3. The van der Waals surface area contributed by atoms with Gasteiger partial charge in [-0.05, 0) is 74.4 Å². The molecule has 1 fully saturated rings. The maximum Gasteiger partial charge on any atom is 0.416 e. The number of rotatable bonds is 9. The zero-order valence-corrected chi connectivity index (χ0v) is 24.7. The van der Waals surface area contributed by atoms with Crippen LogP contribution >= 0.6 is 0 Å². The highest BCUT2D eigenvalue weighted by molar-refractivity contribution is 5.95. The summed E-state index contributed by atoms with van der Waals surface area (Å²) < 4.78 is 44.7. The summed E-state index contributed by atoms with van der Waals surface area (Å²) in [6.07, 6.45) is 1.06. The normalized spacial score (nSPS) is 14.4. The third-order valence-corrected chi connectivity index (χ3v) is 8.34. The van der Waals surface area contributed by atoms with Gasteiger partial charge in [0.05, 0.1) is 61.5 Å². The molecule has 3 heterocycles. The number of carbonyl (C=O) groups is 1. The molecule has 0 spiro atoms. The number of hydrogen-bond acceptors (Lipinski definition) is 4. The molecule has 0 radical (unpaired) electrons. The van der Waals surface area contributed by atoms with Crippen LogP contribution in [0.3, 0.4) is 0 Å². The molecule has 0 unspecified atom stereocenters. The van der Waals surface area contributed by atoms with E-state index >= 15 is 0 Å². The van der Waals surface area contributed by atoms with Crippen LogP contribution in [0, 0.1) is 18.3 Å². The highest BCUT2D eigenvalue weighted by Gasteiger charge is 2.31. The van der Waals surface area contributed by atoms with E-state index in [1.165, 1.54) is 31.0 Å². The Morgan fingerprint density at radius 2 is 1.77 bits per heavy atom. The summed E-state index contributed by atoms with van der Waals surface area (Å²) in [6.45, 7) is 5.33.